The molecule has 3 rings (SSSR count). The van der Waals surface area contributed by atoms with Gasteiger partial charge >= 0.3 is 6.01 Å². The van der Waals surface area contributed by atoms with Crippen LogP contribution in [0.1, 0.15) is 37.8 Å². The quantitative estimate of drug-likeness (QED) is 0.798. The van der Waals surface area contributed by atoms with Crippen LogP contribution >= 0.6 is 0 Å². The van der Waals surface area contributed by atoms with Gasteiger partial charge in [-0.2, -0.15) is 4.98 Å². The van der Waals surface area contributed by atoms with Gasteiger partial charge in [0, 0.05) is 0 Å². The fourth-order valence-corrected chi connectivity index (χ4v) is 4.04. The molecule has 0 amide bonds. The number of ether oxygens (including phenoxy) is 2. The molecule has 8 heteroatoms. The molecular weight excluding hydrogens is 354 g/mol. The Morgan fingerprint density at radius 2 is 1.81 bits per heavy atom. The summed E-state index contributed by atoms with van der Waals surface area (Å²) in [5.41, 5.74) is 2.52. The molecule has 26 heavy (non-hydrogen) atoms. The first-order valence-electron chi connectivity index (χ1n) is 8.80. The first kappa shape index (κ1) is 18.4. The molecule has 0 unspecified atom stereocenters. The van der Waals surface area contributed by atoms with Gasteiger partial charge in [-0.1, -0.05) is 6.07 Å². The summed E-state index contributed by atoms with van der Waals surface area (Å²) in [5, 5.41) is 0. The van der Waals surface area contributed by atoms with Crippen LogP contribution in [0.2, 0.25) is 0 Å². The molecule has 0 fully saturated rings. The second-order valence-corrected chi connectivity index (χ2v) is 7.66. The van der Waals surface area contributed by atoms with Gasteiger partial charge in [0.05, 0.1) is 24.3 Å². The summed E-state index contributed by atoms with van der Waals surface area (Å²) in [7, 11) is -3.76. The van der Waals surface area contributed by atoms with Gasteiger partial charge in [0.15, 0.2) is 0 Å². The summed E-state index contributed by atoms with van der Waals surface area (Å²) in [6, 6.07) is 5.45. The third kappa shape index (κ3) is 4.07. The van der Waals surface area contributed by atoms with E-state index in [0.29, 0.717) is 13.2 Å². The molecule has 1 heterocycles. The van der Waals surface area contributed by atoms with E-state index in [1.807, 2.05) is 13.0 Å². The predicted octanol–water partition coefficient (Wildman–Crippen LogP) is 2.95. The van der Waals surface area contributed by atoms with Crippen LogP contribution in [0.4, 0.5) is 5.69 Å². The van der Waals surface area contributed by atoms with Crippen molar-refractivity contribution >= 4 is 15.7 Å². The molecule has 1 aliphatic rings. The van der Waals surface area contributed by atoms with E-state index in [0.717, 1.165) is 31.2 Å². The van der Waals surface area contributed by atoms with Crippen LogP contribution < -0.4 is 14.2 Å². The number of rotatable bonds is 7. The number of aromatic nitrogens is 2. The van der Waals surface area contributed by atoms with E-state index in [-0.39, 0.29) is 22.5 Å². The Bertz CT molecular complexity index is 884. The summed E-state index contributed by atoms with van der Waals surface area (Å²) in [6.07, 6.45) is 5.52. The van der Waals surface area contributed by atoms with Crippen molar-refractivity contribution in [3.63, 3.8) is 0 Å². The SMILES string of the molecule is CCOc1ncc(NS(=O)(=O)c2ccc3c(c2)CCCC3)c(OCC)n1. The average Bonchev–Trinajstić information content (AvgIpc) is 2.64. The lowest BCUT2D eigenvalue weighted by atomic mass is 9.92. The summed E-state index contributed by atoms with van der Waals surface area (Å²) < 4.78 is 38.8. The number of fused-ring (bicyclic) bond motifs is 1. The van der Waals surface area contributed by atoms with Gasteiger partial charge in [-0.3, -0.25) is 4.72 Å². The number of nitrogens with zero attached hydrogens (tertiary/aromatic N) is 2. The van der Waals surface area contributed by atoms with Crippen LogP contribution in [0.3, 0.4) is 0 Å². The molecule has 0 spiro atoms. The first-order chi connectivity index (χ1) is 12.5. The minimum absolute atomic E-state index is 0.146. The lowest BCUT2D eigenvalue weighted by Crippen LogP contribution is -2.16. The van der Waals surface area contributed by atoms with E-state index in [4.69, 9.17) is 9.47 Å². The van der Waals surface area contributed by atoms with Gasteiger partial charge in [-0.25, -0.2) is 13.4 Å². The highest BCUT2D eigenvalue weighted by Gasteiger charge is 2.21. The number of benzene rings is 1. The van der Waals surface area contributed by atoms with E-state index in [1.165, 1.54) is 11.8 Å². The van der Waals surface area contributed by atoms with Gasteiger partial charge in [0.25, 0.3) is 10.0 Å². The van der Waals surface area contributed by atoms with Crippen molar-refractivity contribution in [3.8, 4) is 11.9 Å². The zero-order chi connectivity index (χ0) is 18.6. The predicted molar refractivity (Wildman–Crippen MR) is 98.3 cm³/mol. The highest BCUT2D eigenvalue weighted by Crippen LogP contribution is 2.28. The molecule has 0 atom stereocenters. The number of nitrogens with one attached hydrogen (secondary N) is 1. The van der Waals surface area contributed by atoms with Crippen LogP contribution in [0.5, 0.6) is 11.9 Å². The van der Waals surface area contributed by atoms with Crippen LogP contribution in [-0.4, -0.2) is 31.6 Å². The van der Waals surface area contributed by atoms with Gasteiger partial charge in [-0.15, -0.1) is 0 Å². The fourth-order valence-electron chi connectivity index (χ4n) is 2.95. The molecule has 0 radical (unpaired) electrons. The van der Waals surface area contributed by atoms with Gasteiger partial charge in [0.1, 0.15) is 5.69 Å². The Balaban J connectivity index is 1.89. The molecule has 2 aromatic rings. The van der Waals surface area contributed by atoms with E-state index in [1.54, 1.807) is 19.1 Å². The average molecular weight is 377 g/mol. The van der Waals surface area contributed by atoms with Crippen molar-refractivity contribution in [2.75, 3.05) is 17.9 Å². The minimum atomic E-state index is -3.76. The van der Waals surface area contributed by atoms with E-state index in [9.17, 15) is 8.42 Å². The van der Waals surface area contributed by atoms with Crippen molar-refractivity contribution in [1.82, 2.24) is 9.97 Å². The summed E-state index contributed by atoms with van der Waals surface area (Å²) in [5.74, 6) is 0.146. The number of aryl methyl sites for hydroxylation is 2. The lowest BCUT2D eigenvalue weighted by molar-refractivity contribution is 0.290. The summed E-state index contributed by atoms with van der Waals surface area (Å²) in [4.78, 5) is 8.37. The van der Waals surface area contributed by atoms with Gasteiger partial charge < -0.3 is 9.47 Å². The normalized spacial score (nSPS) is 13.8. The lowest BCUT2D eigenvalue weighted by Gasteiger charge is -2.17. The molecule has 0 aliphatic heterocycles. The van der Waals surface area contributed by atoms with Crippen molar-refractivity contribution < 1.29 is 17.9 Å². The van der Waals surface area contributed by atoms with Gasteiger partial charge in [-0.05, 0) is 62.8 Å². The van der Waals surface area contributed by atoms with Crippen LogP contribution in [0, 0.1) is 0 Å². The van der Waals surface area contributed by atoms with E-state index < -0.39 is 10.0 Å². The first-order valence-corrected chi connectivity index (χ1v) is 10.3. The maximum Gasteiger partial charge on any atom is 0.319 e. The highest BCUT2D eigenvalue weighted by molar-refractivity contribution is 7.92. The topological polar surface area (TPSA) is 90.4 Å². The van der Waals surface area contributed by atoms with Crippen molar-refractivity contribution in [1.29, 1.82) is 0 Å². The number of sulfonamides is 1. The molecule has 140 valence electrons. The number of anilines is 1. The number of hydrogen-bond donors (Lipinski definition) is 1. The third-order valence-electron chi connectivity index (χ3n) is 4.16. The standard InChI is InChI=1S/C18H23N3O4S/c1-3-24-17-16(12-19-18(20-17)25-4-2)21-26(22,23)15-10-9-13-7-5-6-8-14(13)11-15/h9-12,21H,3-8H2,1-2H3. The van der Waals surface area contributed by atoms with Crippen LogP contribution in [0.15, 0.2) is 29.3 Å². The molecule has 0 bridgehead atoms. The highest BCUT2D eigenvalue weighted by atomic mass is 32.2. The fraction of sp³-hybridized carbons (Fsp3) is 0.444. The molecule has 0 saturated heterocycles. The summed E-state index contributed by atoms with van der Waals surface area (Å²) >= 11 is 0. The largest absolute Gasteiger partial charge is 0.476 e. The molecule has 1 aliphatic carbocycles. The Kier molecular flexibility index (Phi) is 5.61. The van der Waals surface area contributed by atoms with Crippen LogP contribution in [-0.2, 0) is 22.9 Å². The van der Waals surface area contributed by atoms with Crippen molar-refractivity contribution in [3.05, 3.63) is 35.5 Å². The second-order valence-electron chi connectivity index (χ2n) is 5.98. The monoisotopic (exact) mass is 377 g/mol. The Labute approximate surface area is 153 Å². The zero-order valence-corrected chi connectivity index (χ0v) is 15.8. The molecule has 1 aromatic carbocycles. The maximum absolute atomic E-state index is 12.8. The molecular formula is C18H23N3O4S. The Morgan fingerprint density at radius 1 is 1.08 bits per heavy atom. The molecule has 0 saturated carbocycles. The van der Waals surface area contributed by atoms with E-state index >= 15 is 0 Å². The third-order valence-corrected chi connectivity index (χ3v) is 5.52. The Morgan fingerprint density at radius 3 is 2.54 bits per heavy atom. The minimum Gasteiger partial charge on any atom is -0.476 e. The maximum atomic E-state index is 12.8. The smallest absolute Gasteiger partial charge is 0.319 e. The van der Waals surface area contributed by atoms with E-state index in [2.05, 4.69) is 14.7 Å². The molecule has 1 aromatic heterocycles. The van der Waals surface area contributed by atoms with Gasteiger partial charge in [0.2, 0.25) is 5.88 Å². The summed E-state index contributed by atoms with van der Waals surface area (Å²) in [6.45, 7) is 4.36. The van der Waals surface area contributed by atoms with Crippen LogP contribution in [0.25, 0.3) is 0 Å². The Hall–Kier alpha value is -2.35. The number of hydrogen-bond acceptors (Lipinski definition) is 6. The molecule has 7 nitrogen and oxygen atoms in total. The second kappa shape index (κ2) is 7.90. The zero-order valence-electron chi connectivity index (χ0n) is 15.0. The van der Waals surface area contributed by atoms with Crippen molar-refractivity contribution in [2.24, 2.45) is 0 Å². The molecule has 1 N–H and O–H groups in total. The van der Waals surface area contributed by atoms with Crippen molar-refractivity contribution in [2.45, 2.75) is 44.4 Å².